The minimum absolute atomic E-state index is 0.0172. The van der Waals surface area contributed by atoms with Crippen molar-refractivity contribution in [2.24, 2.45) is 0 Å². The SMILES string of the molecule is COc1ccc(CCNC(=O)c2ccccc2N(Cc2ccc(Cl)cc2)S(=O)(=O)c2ccc(C)cc2)cc1OC. The Labute approximate surface area is 240 Å². The zero-order chi connectivity index (χ0) is 28.7. The van der Waals surface area contributed by atoms with Gasteiger partial charge >= 0.3 is 0 Å². The third-order valence-electron chi connectivity index (χ3n) is 6.41. The number of nitrogens with zero attached hydrogens (tertiary/aromatic N) is 1. The Morgan fingerprint density at radius 2 is 1.50 bits per heavy atom. The van der Waals surface area contributed by atoms with Crippen LogP contribution in [-0.4, -0.2) is 35.1 Å². The summed E-state index contributed by atoms with van der Waals surface area (Å²) < 4.78 is 39.8. The summed E-state index contributed by atoms with van der Waals surface area (Å²) in [7, 11) is -0.874. The molecule has 0 heterocycles. The maximum absolute atomic E-state index is 13.9. The number of hydrogen-bond donors (Lipinski definition) is 1. The van der Waals surface area contributed by atoms with Crippen molar-refractivity contribution in [3.8, 4) is 11.5 Å². The molecule has 7 nitrogen and oxygen atoms in total. The molecule has 0 aliphatic rings. The van der Waals surface area contributed by atoms with Gasteiger partial charge in [-0.15, -0.1) is 0 Å². The minimum atomic E-state index is -4.02. The molecule has 0 aromatic heterocycles. The third-order valence-corrected chi connectivity index (χ3v) is 8.44. The van der Waals surface area contributed by atoms with Gasteiger partial charge in [0.25, 0.3) is 15.9 Å². The zero-order valence-corrected chi connectivity index (χ0v) is 24.1. The van der Waals surface area contributed by atoms with E-state index >= 15 is 0 Å². The number of rotatable bonds is 11. The largest absolute Gasteiger partial charge is 0.493 e. The summed E-state index contributed by atoms with van der Waals surface area (Å²) in [5.41, 5.74) is 3.15. The van der Waals surface area contributed by atoms with E-state index in [1.807, 2.05) is 25.1 Å². The number of aryl methyl sites for hydroxylation is 1. The third kappa shape index (κ3) is 6.76. The standard InChI is InChI=1S/C31H31ClN2O5S/c1-22-8-15-26(16-9-22)40(36,37)34(21-24-10-13-25(32)14-11-24)28-7-5-4-6-27(28)31(35)33-19-18-23-12-17-29(38-2)30(20-23)39-3/h4-17,20H,18-19,21H2,1-3H3,(H,33,35). The fourth-order valence-electron chi connectivity index (χ4n) is 4.23. The zero-order valence-electron chi connectivity index (χ0n) is 22.6. The maximum atomic E-state index is 13.9. The van der Waals surface area contributed by atoms with Crippen molar-refractivity contribution in [3.05, 3.63) is 118 Å². The number of ether oxygens (including phenoxy) is 2. The molecule has 0 bridgehead atoms. The Kier molecular flexibility index (Phi) is 9.34. The second kappa shape index (κ2) is 12.9. The lowest BCUT2D eigenvalue weighted by Gasteiger charge is -2.27. The molecule has 0 atom stereocenters. The van der Waals surface area contributed by atoms with Crippen LogP contribution in [0.5, 0.6) is 11.5 Å². The molecule has 1 amide bonds. The predicted octanol–water partition coefficient (Wildman–Crippen LogP) is 6.03. The summed E-state index contributed by atoms with van der Waals surface area (Å²) in [5, 5.41) is 3.48. The van der Waals surface area contributed by atoms with Crippen LogP contribution < -0.4 is 19.1 Å². The fraction of sp³-hybridized carbons (Fsp3) is 0.194. The van der Waals surface area contributed by atoms with Crippen LogP contribution >= 0.6 is 11.6 Å². The first-order valence-electron chi connectivity index (χ1n) is 12.6. The Morgan fingerprint density at radius 1 is 0.850 bits per heavy atom. The summed E-state index contributed by atoms with van der Waals surface area (Å²) in [6.07, 6.45) is 0.546. The summed E-state index contributed by atoms with van der Waals surface area (Å²) in [6, 6.07) is 25.9. The van der Waals surface area contributed by atoms with Crippen LogP contribution in [-0.2, 0) is 23.0 Å². The number of anilines is 1. The van der Waals surface area contributed by atoms with Crippen LogP contribution in [0.25, 0.3) is 0 Å². The second-order valence-corrected chi connectivity index (χ2v) is 11.5. The van der Waals surface area contributed by atoms with Crippen LogP contribution in [0.2, 0.25) is 5.02 Å². The Balaban J connectivity index is 1.62. The van der Waals surface area contributed by atoms with Crippen molar-refractivity contribution in [2.75, 3.05) is 25.1 Å². The number of nitrogens with one attached hydrogen (secondary N) is 1. The van der Waals surface area contributed by atoms with Crippen LogP contribution in [0, 0.1) is 6.92 Å². The van der Waals surface area contributed by atoms with Gasteiger partial charge in [0.2, 0.25) is 0 Å². The molecule has 0 radical (unpaired) electrons. The van der Waals surface area contributed by atoms with Gasteiger partial charge in [0.05, 0.1) is 36.9 Å². The number of sulfonamides is 1. The molecule has 0 unspecified atom stereocenters. The number of para-hydroxylation sites is 1. The lowest BCUT2D eigenvalue weighted by atomic mass is 10.1. The van der Waals surface area contributed by atoms with Crippen molar-refractivity contribution < 1.29 is 22.7 Å². The van der Waals surface area contributed by atoms with E-state index in [0.717, 1.165) is 16.7 Å². The Bertz CT molecular complexity index is 1570. The van der Waals surface area contributed by atoms with E-state index in [2.05, 4.69) is 5.32 Å². The van der Waals surface area contributed by atoms with Crippen LogP contribution in [0.1, 0.15) is 27.0 Å². The first-order chi connectivity index (χ1) is 19.2. The molecule has 208 valence electrons. The van der Waals surface area contributed by atoms with E-state index in [4.69, 9.17) is 21.1 Å². The van der Waals surface area contributed by atoms with Gasteiger partial charge in [-0.2, -0.15) is 0 Å². The molecule has 1 N–H and O–H groups in total. The summed E-state index contributed by atoms with van der Waals surface area (Å²) in [6.45, 7) is 2.25. The van der Waals surface area contributed by atoms with E-state index in [0.29, 0.717) is 29.5 Å². The van der Waals surface area contributed by atoms with E-state index in [-0.39, 0.29) is 28.6 Å². The van der Waals surface area contributed by atoms with E-state index in [9.17, 15) is 13.2 Å². The Morgan fingerprint density at radius 3 is 2.17 bits per heavy atom. The molecule has 4 aromatic carbocycles. The number of carbonyl (C=O) groups excluding carboxylic acids is 1. The number of halogens is 1. The van der Waals surface area contributed by atoms with Crippen molar-refractivity contribution in [3.63, 3.8) is 0 Å². The highest BCUT2D eigenvalue weighted by molar-refractivity contribution is 7.92. The molecule has 4 rings (SSSR count). The molecule has 4 aromatic rings. The van der Waals surface area contributed by atoms with E-state index in [1.54, 1.807) is 87.0 Å². The molecule has 0 saturated carbocycles. The number of amides is 1. The molecular formula is C31H31ClN2O5S. The van der Waals surface area contributed by atoms with Gasteiger partial charge in [-0.3, -0.25) is 9.10 Å². The first-order valence-corrected chi connectivity index (χ1v) is 14.5. The molecule has 0 fully saturated rings. The molecule has 0 aliphatic heterocycles. The van der Waals surface area contributed by atoms with Crippen molar-refractivity contribution in [1.82, 2.24) is 5.32 Å². The van der Waals surface area contributed by atoms with Crippen LogP contribution in [0.15, 0.2) is 95.9 Å². The van der Waals surface area contributed by atoms with Gasteiger partial charge in [0, 0.05) is 11.6 Å². The Hall–Kier alpha value is -4.01. The summed E-state index contributed by atoms with van der Waals surface area (Å²) in [5.74, 6) is 0.854. The second-order valence-electron chi connectivity index (χ2n) is 9.16. The van der Waals surface area contributed by atoms with Crippen molar-refractivity contribution in [2.45, 2.75) is 24.8 Å². The van der Waals surface area contributed by atoms with Crippen molar-refractivity contribution in [1.29, 1.82) is 0 Å². The molecular weight excluding hydrogens is 548 g/mol. The highest BCUT2D eigenvalue weighted by Gasteiger charge is 2.28. The number of hydrogen-bond acceptors (Lipinski definition) is 5. The quantitative estimate of drug-likeness (QED) is 0.235. The normalized spacial score (nSPS) is 11.1. The maximum Gasteiger partial charge on any atom is 0.264 e. The highest BCUT2D eigenvalue weighted by atomic mass is 35.5. The molecule has 0 saturated heterocycles. The number of methoxy groups -OCH3 is 2. The first kappa shape index (κ1) is 29.0. The number of benzene rings is 4. The van der Waals surface area contributed by atoms with Crippen LogP contribution in [0.3, 0.4) is 0 Å². The summed E-state index contributed by atoms with van der Waals surface area (Å²) in [4.78, 5) is 13.5. The van der Waals surface area contributed by atoms with Gasteiger partial charge in [-0.1, -0.05) is 59.6 Å². The van der Waals surface area contributed by atoms with Crippen molar-refractivity contribution >= 4 is 33.2 Å². The lowest BCUT2D eigenvalue weighted by molar-refractivity contribution is 0.0954. The topological polar surface area (TPSA) is 84.9 Å². The monoisotopic (exact) mass is 578 g/mol. The van der Waals surface area contributed by atoms with Gasteiger partial charge in [0.1, 0.15) is 0 Å². The predicted molar refractivity (Wildman–Crippen MR) is 158 cm³/mol. The smallest absolute Gasteiger partial charge is 0.264 e. The molecule has 40 heavy (non-hydrogen) atoms. The minimum Gasteiger partial charge on any atom is -0.493 e. The van der Waals surface area contributed by atoms with Gasteiger partial charge < -0.3 is 14.8 Å². The molecule has 0 aliphatic carbocycles. The summed E-state index contributed by atoms with van der Waals surface area (Å²) >= 11 is 6.06. The average Bonchev–Trinajstić information content (AvgIpc) is 2.96. The van der Waals surface area contributed by atoms with Crippen LogP contribution in [0.4, 0.5) is 5.69 Å². The highest BCUT2D eigenvalue weighted by Crippen LogP contribution is 2.30. The van der Waals surface area contributed by atoms with Gasteiger partial charge in [-0.25, -0.2) is 8.42 Å². The van der Waals surface area contributed by atoms with Gasteiger partial charge in [0.15, 0.2) is 11.5 Å². The van der Waals surface area contributed by atoms with E-state index in [1.165, 1.54) is 4.31 Å². The van der Waals surface area contributed by atoms with E-state index < -0.39 is 10.0 Å². The number of carbonyl (C=O) groups is 1. The molecule has 0 spiro atoms. The molecule has 9 heteroatoms. The van der Waals surface area contributed by atoms with Gasteiger partial charge in [-0.05, 0) is 73.0 Å². The fourth-order valence-corrected chi connectivity index (χ4v) is 5.83. The average molecular weight is 579 g/mol. The lowest BCUT2D eigenvalue weighted by Crippen LogP contribution is -2.34.